The average molecular weight is 385 g/mol. The van der Waals surface area contributed by atoms with E-state index in [2.05, 4.69) is 34.1 Å². The van der Waals surface area contributed by atoms with Gasteiger partial charge in [0, 0.05) is 32.7 Å². The van der Waals surface area contributed by atoms with E-state index in [1.54, 1.807) is 0 Å². The number of ether oxygens (including phenoxy) is 1. The second-order valence-electron chi connectivity index (χ2n) is 7.80. The zero-order valence-electron chi connectivity index (χ0n) is 16.7. The van der Waals surface area contributed by atoms with Gasteiger partial charge >= 0.3 is 0 Å². The summed E-state index contributed by atoms with van der Waals surface area (Å²) >= 11 is 0. The van der Waals surface area contributed by atoms with Gasteiger partial charge in [0.15, 0.2) is 0 Å². The molecule has 1 aliphatic heterocycles. The van der Waals surface area contributed by atoms with Crippen molar-refractivity contribution in [2.45, 2.75) is 38.1 Å². The van der Waals surface area contributed by atoms with Crippen molar-refractivity contribution in [3.05, 3.63) is 65.7 Å². The lowest BCUT2D eigenvalue weighted by molar-refractivity contribution is 0.0742. The number of hydrogen-bond acceptors (Lipinski definition) is 5. The van der Waals surface area contributed by atoms with E-state index in [0.29, 0.717) is 6.54 Å². The Hall–Kier alpha value is -1.92. The molecular formula is C23H32N2O3. The molecule has 3 rings (SSSR count). The van der Waals surface area contributed by atoms with Crippen LogP contribution in [0.5, 0.6) is 5.75 Å². The van der Waals surface area contributed by atoms with Crippen LogP contribution in [0.4, 0.5) is 0 Å². The zero-order chi connectivity index (χ0) is 19.8. The maximum Gasteiger partial charge on any atom is 0.119 e. The Morgan fingerprint density at radius 3 is 2.39 bits per heavy atom. The highest BCUT2D eigenvalue weighted by Gasteiger charge is 2.17. The third-order valence-corrected chi connectivity index (χ3v) is 5.15. The average Bonchev–Trinajstić information content (AvgIpc) is 2.70. The predicted molar refractivity (Wildman–Crippen MR) is 111 cm³/mol. The lowest BCUT2D eigenvalue weighted by Gasteiger charge is -2.29. The molecule has 1 unspecified atom stereocenters. The summed E-state index contributed by atoms with van der Waals surface area (Å²) in [5.74, 6) is 0.780. The van der Waals surface area contributed by atoms with Crippen LogP contribution in [-0.2, 0) is 13.1 Å². The Bertz CT molecular complexity index is 685. The van der Waals surface area contributed by atoms with Crippen molar-refractivity contribution in [3.63, 3.8) is 0 Å². The van der Waals surface area contributed by atoms with Crippen molar-refractivity contribution >= 4 is 0 Å². The first-order valence-corrected chi connectivity index (χ1v) is 10.1. The molecule has 5 heteroatoms. The number of likely N-dealkylation sites (N-methyl/N-ethyl adjacent to an activating group) is 1. The minimum Gasteiger partial charge on any atom is -0.491 e. The Labute approximate surface area is 168 Å². The summed E-state index contributed by atoms with van der Waals surface area (Å²) in [6.07, 6.45) is 1.05. The maximum absolute atomic E-state index is 10.3. The van der Waals surface area contributed by atoms with Crippen LogP contribution >= 0.6 is 0 Å². The van der Waals surface area contributed by atoms with Gasteiger partial charge in [-0.3, -0.25) is 9.80 Å². The van der Waals surface area contributed by atoms with Crippen molar-refractivity contribution in [1.82, 2.24) is 9.80 Å². The fraction of sp³-hybridized carbons (Fsp3) is 0.478. The molecule has 1 heterocycles. The number of benzene rings is 2. The zero-order valence-corrected chi connectivity index (χ0v) is 16.7. The topological polar surface area (TPSA) is 56.2 Å². The summed E-state index contributed by atoms with van der Waals surface area (Å²) in [7, 11) is 2.00. The summed E-state index contributed by atoms with van der Waals surface area (Å²) in [5.41, 5.74) is 2.48. The minimum absolute atomic E-state index is 0.134. The Kier molecular flexibility index (Phi) is 7.86. The van der Waals surface area contributed by atoms with E-state index >= 15 is 0 Å². The number of aliphatic hydroxyl groups excluding tert-OH is 2. The number of hydrogen-bond donors (Lipinski definition) is 2. The van der Waals surface area contributed by atoms with Gasteiger partial charge < -0.3 is 14.9 Å². The maximum atomic E-state index is 10.3. The summed E-state index contributed by atoms with van der Waals surface area (Å²) in [6, 6.07) is 18.3. The highest BCUT2D eigenvalue weighted by molar-refractivity contribution is 5.27. The molecule has 0 spiro atoms. The largest absolute Gasteiger partial charge is 0.491 e. The molecule has 2 aromatic carbocycles. The molecule has 5 nitrogen and oxygen atoms in total. The van der Waals surface area contributed by atoms with Crippen LogP contribution < -0.4 is 4.74 Å². The van der Waals surface area contributed by atoms with Crippen LogP contribution in [0.15, 0.2) is 54.6 Å². The van der Waals surface area contributed by atoms with Crippen molar-refractivity contribution in [1.29, 1.82) is 0 Å². The molecule has 0 amide bonds. The van der Waals surface area contributed by atoms with Crippen LogP contribution in [0.2, 0.25) is 0 Å². The number of rotatable bonds is 9. The van der Waals surface area contributed by atoms with Crippen LogP contribution in [0, 0.1) is 0 Å². The molecule has 0 saturated carbocycles. The van der Waals surface area contributed by atoms with Crippen LogP contribution in [0.3, 0.4) is 0 Å². The second-order valence-corrected chi connectivity index (χ2v) is 7.80. The third-order valence-electron chi connectivity index (χ3n) is 5.15. The fourth-order valence-electron chi connectivity index (χ4n) is 3.59. The van der Waals surface area contributed by atoms with Crippen molar-refractivity contribution in [2.75, 3.05) is 33.3 Å². The lowest BCUT2D eigenvalue weighted by Crippen LogP contribution is -2.35. The van der Waals surface area contributed by atoms with E-state index in [-0.39, 0.29) is 12.7 Å². The van der Waals surface area contributed by atoms with Gasteiger partial charge in [0.05, 0.1) is 6.10 Å². The number of piperidine rings is 1. The van der Waals surface area contributed by atoms with E-state index in [4.69, 9.17) is 4.74 Å². The highest BCUT2D eigenvalue weighted by Crippen LogP contribution is 2.17. The van der Waals surface area contributed by atoms with Crippen molar-refractivity contribution in [3.8, 4) is 5.75 Å². The molecule has 1 atom stereocenters. The van der Waals surface area contributed by atoms with E-state index in [9.17, 15) is 10.2 Å². The molecule has 0 aliphatic carbocycles. The molecule has 0 radical (unpaired) electrons. The lowest BCUT2D eigenvalue weighted by atomic mass is 10.1. The number of nitrogens with zero attached hydrogens (tertiary/aromatic N) is 2. The van der Waals surface area contributed by atoms with Gasteiger partial charge in [-0.1, -0.05) is 42.5 Å². The van der Waals surface area contributed by atoms with Crippen LogP contribution in [0.25, 0.3) is 0 Å². The van der Waals surface area contributed by atoms with Gasteiger partial charge in [-0.15, -0.1) is 0 Å². The van der Waals surface area contributed by atoms with Gasteiger partial charge in [-0.05, 0) is 43.1 Å². The standard InChI is InChI=1S/C23H32N2O3/c1-24(15-19-5-3-2-4-6-19)17-22(27)18-28-23-9-7-20(8-10-23)16-25-13-11-21(26)12-14-25/h2-10,21-22,26-27H,11-18H2,1H3. The van der Waals surface area contributed by atoms with Crippen molar-refractivity contribution in [2.24, 2.45) is 0 Å². The fourth-order valence-corrected chi connectivity index (χ4v) is 3.59. The molecule has 2 N–H and O–H groups in total. The molecule has 1 aliphatic rings. The molecule has 152 valence electrons. The quantitative estimate of drug-likeness (QED) is 0.696. The van der Waals surface area contributed by atoms with E-state index in [1.165, 1.54) is 11.1 Å². The smallest absolute Gasteiger partial charge is 0.119 e. The van der Waals surface area contributed by atoms with E-state index in [1.807, 2.05) is 37.4 Å². The van der Waals surface area contributed by atoms with E-state index in [0.717, 1.165) is 44.8 Å². The number of aliphatic hydroxyl groups is 2. The molecule has 0 aromatic heterocycles. The van der Waals surface area contributed by atoms with Gasteiger partial charge in [0.2, 0.25) is 0 Å². The van der Waals surface area contributed by atoms with Crippen LogP contribution in [-0.4, -0.2) is 65.5 Å². The first-order valence-electron chi connectivity index (χ1n) is 10.1. The summed E-state index contributed by atoms with van der Waals surface area (Å²) < 4.78 is 5.75. The highest BCUT2D eigenvalue weighted by atomic mass is 16.5. The van der Waals surface area contributed by atoms with Crippen LogP contribution in [0.1, 0.15) is 24.0 Å². The molecule has 28 heavy (non-hydrogen) atoms. The van der Waals surface area contributed by atoms with Gasteiger partial charge in [0.1, 0.15) is 18.5 Å². The normalized spacial score (nSPS) is 17.0. The number of likely N-dealkylation sites (tertiary alicyclic amines) is 1. The Morgan fingerprint density at radius 1 is 1.04 bits per heavy atom. The predicted octanol–water partition coefficient (Wildman–Crippen LogP) is 2.52. The molecule has 1 saturated heterocycles. The third kappa shape index (κ3) is 6.91. The molecule has 1 fully saturated rings. The first kappa shape index (κ1) is 20.8. The summed E-state index contributed by atoms with van der Waals surface area (Å²) in [5, 5.41) is 19.9. The SMILES string of the molecule is CN(Cc1ccccc1)CC(O)COc1ccc(CN2CCC(O)CC2)cc1. The molecule has 0 bridgehead atoms. The molecule has 2 aromatic rings. The summed E-state index contributed by atoms with van der Waals surface area (Å²) in [4.78, 5) is 4.47. The van der Waals surface area contributed by atoms with E-state index < -0.39 is 6.10 Å². The van der Waals surface area contributed by atoms with Gasteiger partial charge in [0.25, 0.3) is 0 Å². The summed E-state index contributed by atoms with van der Waals surface area (Å²) in [6.45, 7) is 4.44. The van der Waals surface area contributed by atoms with Gasteiger partial charge in [-0.2, -0.15) is 0 Å². The Morgan fingerprint density at radius 2 is 1.71 bits per heavy atom. The Balaban J connectivity index is 1.38. The minimum atomic E-state index is -0.534. The first-order chi connectivity index (χ1) is 13.6. The van der Waals surface area contributed by atoms with Gasteiger partial charge in [-0.25, -0.2) is 0 Å². The van der Waals surface area contributed by atoms with Crippen molar-refractivity contribution < 1.29 is 14.9 Å². The monoisotopic (exact) mass is 384 g/mol. The molecular weight excluding hydrogens is 352 g/mol. The second kappa shape index (κ2) is 10.6.